The van der Waals surface area contributed by atoms with Crippen molar-refractivity contribution >= 4 is 34.8 Å². The number of rotatable bonds is 14. The number of nitrogens with zero attached hydrogens (tertiary/aromatic N) is 4. The zero-order chi connectivity index (χ0) is 32.2. The van der Waals surface area contributed by atoms with Crippen LogP contribution in [0.3, 0.4) is 0 Å². The minimum absolute atomic E-state index is 0.0169. The maximum Gasteiger partial charge on any atom is 0.322 e. The van der Waals surface area contributed by atoms with Crippen LogP contribution in [0.15, 0.2) is 48.5 Å². The van der Waals surface area contributed by atoms with E-state index in [4.69, 9.17) is 0 Å². The molecule has 244 valence electrons. The molecule has 0 radical (unpaired) electrons. The fourth-order valence-corrected chi connectivity index (χ4v) is 6.62. The van der Waals surface area contributed by atoms with Crippen LogP contribution in [-0.2, 0) is 0 Å². The van der Waals surface area contributed by atoms with Crippen molar-refractivity contribution in [3.63, 3.8) is 0 Å². The molecule has 0 unspecified atom stereocenters. The second kappa shape index (κ2) is 17.2. The van der Waals surface area contributed by atoms with E-state index >= 15 is 0 Å². The van der Waals surface area contributed by atoms with Gasteiger partial charge in [-0.15, -0.1) is 0 Å². The summed E-state index contributed by atoms with van der Waals surface area (Å²) in [6, 6.07) is 16.4. The number of benzene rings is 2. The molecule has 44 heavy (non-hydrogen) atoms. The van der Waals surface area contributed by atoms with Crippen molar-refractivity contribution in [3.8, 4) is 0 Å². The molecule has 0 spiro atoms. The third kappa shape index (κ3) is 9.80. The second-order valence-corrected chi connectivity index (χ2v) is 12.9. The lowest BCUT2D eigenvalue weighted by Gasteiger charge is -2.39. The second-order valence-electron chi connectivity index (χ2n) is 12.9. The maximum absolute atomic E-state index is 13.7. The van der Waals surface area contributed by atoms with E-state index in [9.17, 15) is 9.59 Å². The Labute approximate surface area is 267 Å². The smallest absolute Gasteiger partial charge is 0.322 e. The van der Waals surface area contributed by atoms with E-state index in [2.05, 4.69) is 57.9 Å². The number of carbonyl (C=O) groups is 2. The zero-order valence-corrected chi connectivity index (χ0v) is 28.6. The fraction of sp³-hybridized carbons (Fsp3) is 0.611. The molecule has 2 N–H and O–H groups in total. The molecule has 0 heterocycles. The molecule has 0 bridgehead atoms. The quantitative estimate of drug-likeness (QED) is 0.227. The summed E-state index contributed by atoms with van der Waals surface area (Å²) in [4.78, 5) is 35.6. The summed E-state index contributed by atoms with van der Waals surface area (Å²) in [6.07, 6.45) is 8.11. The van der Waals surface area contributed by atoms with Gasteiger partial charge >= 0.3 is 12.1 Å². The Kier molecular flexibility index (Phi) is 13.7. The highest BCUT2D eigenvalue weighted by Crippen LogP contribution is 2.32. The van der Waals surface area contributed by atoms with Gasteiger partial charge in [0.1, 0.15) is 0 Å². The number of hydrogen-bond donors (Lipinski definition) is 2. The number of anilines is 4. The summed E-state index contributed by atoms with van der Waals surface area (Å²) >= 11 is 0. The lowest BCUT2D eigenvalue weighted by atomic mass is 9.80. The van der Waals surface area contributed by atoms with Gasteiger partial charge in [-0.25, -0.2) is 9.59 Å². The van der Waals surface area contributed by atoms with Gasteiger partial charge in [0, 0.05) is 76.1 Å². The highest BCUT2D eigenvalue weighted by atomic mass is 16.2. The molecule has 2 atom stereocenters. The van der Waals surface area contributed by atoms with Crippen LogP contribution in [0, 0.1) is 11.8 Å². The molecule has 0 aliphatic heterocycles. The summed E-state index contributed by atoms with van der Waals surface area (Å²) < 4.78 is 0. The topological polar surface area (TPSA) is 71.2 Å². The van der Waals surface area contributed by atoms with Crippen molar-refractivity contribution in [2.45, 2.75) is 91.1 Å². The van der Waals surface area contributed by atoms with Crippen LogP contribution in [0.5, 0.6) is 0 Å². The van der Waals surface area contributed by atoms with Crippen LogP contribution < -0.4 is 20.4 Å². The van der Waals surface area contributed by atoms with Gasteiger partial charge in [-0.2, -0.15) is 0 Å². The first-order valence-electron chi connectivity index (χ1n) is 16.8. The van der Waals surface area contributed by atoms with E-state index in [1.54, 1.807) is 0 Å². The Hall–Kier alpha value is -3.42. The van der Waals surface area contributed by atoms with Crippen LogP contribution in [0.4, 0.5) is 32.3 Å². The van der Waals surface area contributed by atoms with E-state index in [0.29, 0.717) is 11.8 Å². The van der Waals surface area contributed by atoms with Crippen LogP contribution in [0.1, 0.15) is 79.1 Å². The lowest BCUT2D eigenvalue weighted by Crippen LogP contribution is -2.47. The Morgan fingerprint density at radius 2 is 0.977 bits per heavy atom. The fourth-order valence-electron chi connectivity index (χ4n) is 6.62. The van der Waals surface area contributed by atoms with E-state index in [0.717, 1.165) is 87.2 Å². The molecule has 1 fully saturated rings. The van der Waals surface area contributed by atoms with Gasteiger partial charge in [-0.3, -0.25) is 0 Å². The first-order valence-corrected chi connectivity index (χ1v) is 16.8. The van der Waals surface area contributed by atoms with Crippen LogP contribution in [0.2, 0.25) is 0 Å². The van der Waals surface area contributed by atoms with Crippen LogP contribution in [-0.4, -0.2) is 75.2 Å². The van der Waals surface area contributed by atoms with Gasteiger partial charge in [0.05, 0.1) is 0 Å². The van der Waals surface area contributed by atoms with Gasteiger partial charge < -0.3 is 30.2 Å². The van der Waals surface area contributed by atoms with E-state index < -0.39 is 0 Å². The van der Waals surface area contributed by atoms with Gasteiger partial charge in [0.25, 0.3) is 0 Å². The summed E-state index contributed by atoms with van der Waals surface area (Å²) in [5.74, 6) is 0.836. The molecule has 0 saturated heterocycles. The zero-order valence-electron chi connectivity index (χ0n) is 28.6. The first kappa shape index (κ1) is 35.1. The van der Waals surface area contributed by atoms with Crippen molar-refractivity contribution in [1.29, 1.82) is 0 Å². The molecular weight excluding hydrogens is 548 g/mol. The maximum atomic E-state index is 13.7. The van der Waals surface area contributed by atoms with Gasteiger partial charge in [-0.05, 0) is 105 Å². The first-order chi connectivity index (χ1) is 21.1. The minimum atomic E-state index is -0.0169. The molecule has 1 aliphatic rings. The SMILES string of the molecule is CCC(CC)N(C[C@@H]1CCC[C@H](CN(C(=O)Nc2ccc(N(C)C)cc2)C(CC)CC)C1)C(=O)Nc1ccc(N(C)C)cc1. The Morgan fingerprint density at radius 3 is 1.27 bits per heavy atom. The van der Waals surface area contributed by atoms with Crippen molar-refractivity contribution in [2.24, 2.45) is 11.8 Å². The van der Waals surface area contributed by atoms with Crippen molar-refractivity contribution in [2.75, 3.05) is 61.7 Å². The molecule has 4 amide bonds. The largest absolute Gasteiger partial charge is 0.378 e. The number of carbonyl (C=O) groups excluding carboxylic acids is 2. The molecule has 3 rings (SSSR count). The standard InChI is InChI=1S/C36H58N6O2/c1-9-31(10-2)41(35(43)37-29-16-20-33(21-17-29)39(5)6)25-27-14-13-15-28(24-27)26-42(32(11-3)12-4)36(44)38-30-18-22-34(23-19-30)40(7)8/h16-23,27-28,31-32H,9-15,24-26H2,1-8H3,(H,37,43)(H,38,44)/t27-,28+. The van der Waals surface area contributed by atoms with Crippen molar-refractivity contribution < 1.29 is 9.59 Å². The third-order valence-corrected chi connectivity index (χ3v) is 9.36. The highest BCUT2D eigenvalue weighted by molar-refractivity contribution is 5.90. The number of hydrogen-bond acceptors (Lipinski definition) is 4. The van der Waals surface area contributed by atoms with Gasteiger partial charge in [0.2, 0.25) is 0 Å². The summed E-state index contributed by atoms with van der Waals surface area (Å²) in [5.41, 5.74) is 3.85. The van der Waals surface area contributed by atoms with Crippen molar-refractivity contribution in [1.82, 2.24) is 9.80 Å². The molecule has 1 aliphatic carbocycles. The molecule has 8 nitrogen and oxygen atoms in total. The summed E-state index contributed by atoms with van der Waals surface area (Å²) in [7, 11) is 8.06. The molecule has 2 aromatic carbocycles. The Bertz CT molecular complexity index is 1050. The third-order valence-electron chi connectivity index (χ3n) is 9.36. The predicted octanol–water partition coefficient (Wildman–Crippen LogP) is 8.37. The average molecular weight is 607 g/mol. The summed E-state index contributed by atoms with van der Waals surface area (Å²) in [6.45, 7) is 10.2. The normalized spacial score (nSPS) is 16.5. The van der Waals surface area contributed by atoms with E-state index in [-0.39, 0.29) is 24.1 Å². The van der Waals surface area contributed by atoms with Crippen LogP contribution in [0.25, 0.3) is 0 Å². The lowest BCUT2D eigenvalue weighted by molar-refractivity contribution is 0.123. The molecule has 8 heteroatoms. The van der Waals surface area contributed by atoms with E-state index in [1.807, 2.05) is 76.7 Å². The number of nitrogens with one attached hydrogen (secondary N) is 2. The van der Waals surface area contributed by atoms with Crippen LogP contribution >= 0.6 is 0 Å². The molecule has 2 aromatic rings. The van der Waals surface area contributed by atoms with Crippen molar-refractivity contribution in [3.05, 3.63) is 48.5 Å². The Morgan fingerprint density at radius 1 is 0.636 bits per heavy atom. The monoisotopic (exact) mass is 606 g/mol. The predicted molar refractivity (Wildman–Crippen MR) is 187 cm³/mol. The summed E-state index contributed by atoms with van der Waals surface area (Å²) in [5, 5.41) is 6.35. The van der Waals surface area contributed by atoms with E-state index in [1.165, 1.54) is 0 Å². The molecular formula is C36H58N6O2. The van der Waals surface area contributed by atoms with Gasteiger partial charge in [-0.1, -0.05) is 34.1 Å². The molecule has 1 saturated carbocycles. The highest BCUT2D eigenvalue weighted by Gasteiger charge is 2.31. The minimum Gasteiger partial charge on any atom is -0.378 e. The van der Waals surface area contributed by atoms with Gasteiger partial charge in [0.15, 0.2) is 0 Å². The Balaban J connectivity index is 1.69. The average Bonchev–Trinajstić information content (AvgIpc) is 3.01. The number of urea groups is 2. The molecule has 0 aromatic heterocycles. The number of amides is 4.